The van der Waals surface area contributed by atoms with Crippen LogP contribution in [0.5, 0.6) is 11.5 Å². The van der Waals surface area contributed by atoms with Crippen molar-refractivity contribution in [3.05, 3.63) is 58.6 Å². The fourth-order valence-electron chi connectivity index (χ4n) is 1.48. The Hall–Kier alpha value is -1.98. The molecule has 0 heterocycles. The lowest BCUT2D eigenvalue weighted by atomic mass is 10.1. The minimum atomic E-state index is 0.518. The molecule has 0 radical (unpaired) electrons. The molecule has 0 bridgehead atoms. The zero-order chi connectivity index (χ0) is 12.3. The van der Waals surface area contributed by atoms with Crippen LogP contribution in [-0.2, 0) is 0 Å². The highest BCUT2D eigenvalue weighted by Gasteiger charge is 2.05. The van der Waals surface area contributed by atoms with Crippen LogP contribution < -0.4 is 4.74 Å². The molecule has 0 aliphatic heterocycles. The van der Waals surface area contributed by atoms with Crippen LogP contribution in [0, 0.1) is 18.3 Å². The topological polar surface area (TPSA) is 33.0 Å². The normalized spacial score (nSPS) is 9.71. The van der Waals surface area contributed by atoms with E-state index in [0.717, 1.165) is 5.56 Å². The fraction of sp³-hybridized carbons (Fsp3) is 0.0714. The first kappa shape index (κ1) is 11.5. The number of nitrogens with zero attached hydrogens (tertiary/aromatic N) is 1. The molecule has 0 unspecified atom stereocenters. The Morgan fingerprint density at radius 1 is 1.18 bits per heavy atom. The van der Waals surface area contributed by atoms with Gasteiger partial charge in [0, 0.05) is 5.02 Å². The van der Waals surface area contributed by atoms with Crippen LogP contribution in [0.2, 0.25) is 5.02 Å². The molecule has 17 heavy (non-hydrogen) atoms. The predicted molar refractivity (Wildman–Crippen MR) is 67.4 cm³/mol. The van der Waals surface area contributed by atoms with Gasteiger partial charge in [-0.3, -0.25) is 0 Å². The summed E-state index contributed by atoms with van der Waals surface area (Å²) in [5.74, 6) is 1.17. The van der Waals surface area contributed by atoms with Gasteiger partial charge in [-0.15, -0.1) is 0 Å². The Morgan fingerprint density at radius 3 is 2.71 bits per heavy atom. The second-order valence-electron chi connectivity index (χ2n) is 3.67. The lowest BCUT2D eigenvalue weighted by Gasteiger charge is -2.08. The predicted octanol–water partition coefficient (Wildman–Crippen LogP) is 4.31. The molecule has 0 fully saturated rings. The number of nitriles is 1. The molecule has 0 spiro atoms. The first-order valence-corrected chi connectivity index (χ1v) is 5.51. The maximum Gasteiger partial charge on any atom is 0.145 e. The summed E-state index contributed by atoms with van der Waals surface area (Å²) in [5, 5.41) is 9.62. The number of hydrogen-bond acceptors (Lipinski definition) is 2. The summed E-state index contributed by atoms with van der Waals surface area (Å²) >= 11 is 5.86. The third kappa shape index (κ3) is 2.77. The number of hydrogen-bond donors (Lipinski definition) is 0. The Kier molecular flexibility index (Phi) is 3.32. The van der Waals surface area contributed by atoms with Crippen LogP contribution in [0.25, 0.3) is 0 Å². The third-order valence-electron chi connectivity index (χ3n) is 2.28. The van der Waals surface area contributed by atoms with E-state index in [4.69, 9.17) is 21.6 Å². The van der Waals surface area contributed by atoms with Crippen molar-refractivity contribution in [1.82, 2.24) is 0 Å². The van der Waals surface area contributed by atoms with E-state index in [0.29, 0.717) is 22.1 Å². The van der Waals surface area contributed by atoms with Gasteiger partial charge in [0.15, 0.2) is 0 Å². The summed E-state index contributed by atoms with van der Waals surface area (Å²) in [6.07, 6.45) is 0. The summed E-state index contributed by atoms with van der Waals surface area (Å²) in [6, 6.07) is 14.7. The van der Waals surface area contributed by atoms with Crippen LogP contribution in [0.4, 0.5) is 0 Å². The van der Waals surface area contributed by atoms with E-state index in [-0.39, 0.29) is 0 Å². The van der Waals surface area contributed by atoms with Gasteiger partial charge in [-0.2, -0.15) is 5.26 Å². The molecule has 2 aromatic carbocycles. The smallest absolute Gasteiger partial charge is 0.145 e. The van der Waals surface area contributed by atoms with Crippen molar-refractivity contribution >= 4 is 11.6 Å². The zero-order valence-corrected chi connectivity index (χ0v) is 10.0. The lowest BCUT2D eigenvalue weighted by Crippen LogP contribution is -1.89. The molecule has 0 aliphatic rings. The van der Waals surface area contributed by atoms with E-state index < -0.39 is 0 Å². The van der Waals surface area contributed by atoms with Crippen molar-refractivity contribution in [3.8, 4) is 17.6 Å². The first-order valence-electron chi connectivity index (χ1n) is 5.13. The van der Waals surface area contributed by atoms with Crippen LogP contribution in [-0.4, -0.2) is 0 Å². The Morgan fingerprint density at radius 2 is 2.00 bits per heavy atom. The van der Waals surface area contributed by atoms with E-state index in [9.17, 15) is 0 Å². The lowest BCUT2D eigenvalue weighted by molar-refractivity contribution is 0.481. The largest absolute Gasteiger partial charge is 0.456 e. The monoisotopic (exact) mass is 243 g/mol. The molecule has 84 valence electrons. The summed E-state index contributed by atoms with van der Waals surface area (Å²) < 4.78 is 5.63. The summed E-state index contributed by atoms with van der Waals surface area (Å²) in [4.78, 5) is 0. The number of halogens is 1. The fourth-order valence-corrected chi connectivity index (χ4v) is 1.66. The van der Waals surface area contributed by atoms with E-state index in [1.807, 2.05) is 13.0 Å². The van der Waals surface area contributed by atoms with E-state index in [2.05, 4.69) is 6.07 Å². The minimum absolute atomic E-state index is 0.518. The molecule has 0 saturated carbocycles. The van der Waals surface area contributed by atoms with Crippen LogP contribution >= 0.6 is 11.6 Å². The molecular formula is C14H10ClNO. The van der Waals surface area contributed by atoms with Crippen molar-refractivity contribution in [1.29, 1.82) is 5.26 Å². The maximum atomic E-state index is 9.02. The Bertz CT molecular complexity index is 587. The Balaban J connectivity index is 2.34. The second-order valence-corrected chi connectivity index (χ2v) is 4.11. The van der Waals surface area contributed by atoms with Gasteiger partial charge < -0.3 is 4.74 Å². The van der Waals surface area contributed by atoms with Crippen molar-refractivity contribution in [3.63, 3.8) is 0 Å². The number of rotatable bonds is 2. The summed E-state index contributed by atoms with van der Waals surface area (Å²) in [5.41, 5.74) is 1.55. The molecule has 0 N–H and O–H groups in total. The molecule has 0 saturated heterocycles. The van der Waals surface area contributed by atoms with E-state index in [1.54, 1.807) is 36.4 Å². The average Bonchev–Trinajstić information content (AvgIpc) is 2.31. The van der Waals surface area contributed by atoms with Crippen molar-refractivity contribution < 1.29 is 4.74 Å². The molecule has 2 rings (SSSR count). The summed E-state index contributed by atoms with van der Waals surface area (Å²) in [7, 11) is 0. The van der Waals surface area contributed by atoms with Crippen molar-refractivity contribution in [2.24, 2.45) is 0 Å². The highest BCUT2D eigenvalue weighted by Crippen LogP contribution is 2.27. The second kappa shape index (κ2) is 4.90. The molecule has 0 atom stereocenters. The van der Waals surface area contributed by atoms with Gasteiger partial charge in [-0.25, -0.2) is 0 Å². The molecule has 0 aliphatic carbocycles. The highest BCUT2D eigenvalue weighted by molar-refractivity contribution is 6.30. The average molecular weight is 244 g/mol. The number of ether oxygens (including phenoxy) is 1. The highest BCUT2D eigenvalue weighted by atomic mass is 35.5. The number of benzene rings is 2. The van der Waals surface area contributed by atoms with Gasteiger partial charge in [-0.1, -0.05) is 23.7 Å². The van der Waals surface area contributed by atoms with Gasteiger partial charge in [-0.05, 0) is 42.8 Å². The van der Waals surface area contributed by atoms with E-state index in [1.165, 1.54) is 0 Å². The van der Waals surface area contributed by atoms with Crippen LogP contribution in [0.15, 0.2) is 42.5 Å². The standard InChI is InChI=1S/C14H10ClNO/c1-10-5-6-14(11(7-10)9-16)17-13-4-2-3-12(15)8-13/h2-8H,1H3. The molecule has 2 aromatic rings. The van der Waals surface area contributed by atoms with Gasteiger partial charge in [0.2, 0.25) is 0 Å². The zero-order valence-electron chi connectivity index (χ0n) is 9.27. The molecule has 2 nitrogen and oxygen atoms in total. The number of aryl methyl sites for hydroxylation is 1. The van der Waals surface area contributed by atoms with Crippen LogP contribution in [0.1, 0.15) is 11.1 Å². The Labute approximate surface area is 105 Å². The van der Waals surface area contributed by atoms with Gasteiger partial charge >= 0.3 is 0 Å². The van der Waals surface area contributed by atoms with Crippen molar-refractivity contribution in [2.45, 2.75) is 6.92 Å². The first-order chi connectivity index (χ1) is 8.19. The van der Waals surface area contributed by atoms with Crippen LogP contribution in [0.3, 0.4) is 0 Å². The minimum Gasteiger partial charge on any atom is -0.456 e. The quantitative estimate of drug-likeness (QED) is 0.787. The van der Waals surface area contributed by atoms with Gasteiger partial charge in [0.1, 0.15) is 17.6 Å². The van der Waals surface area contributed by atoms with E-state index >= 15 is 0 Å². The SMILES string of the molecule is Cc1ccc(Oc2cccc(Cl)c2)c(C#N)c1. The molecule has 3 heteroatoms. The molecule has 0 aromatic heterocycles. The van der Waals surface area contributed by atoms with Gasteiger partial charge in [0.05, 0.1) is 5.56 Å². The third-order valence-corrected chi connectivity index (χ3v) is 2.51. The van der Waals surface area contributed by atoms with Gasteiger partial charge in [0.25, 0.3) is 0 Å². The summed E-state index contributed by atoms with van der Waals surface area (Å²) in [6.45, 7) is 1.93. The molecule has 0 amide bonds. The van der Waals surface area contributed by atoms with Crippen molar-refractivity contribution in [2.75, 3.05) is 0 Å². The maximum absolute atomic E-state index is 9.02. The molecular weight excluding hydrogens is 234 g/mol.